The topological polar surface area (TPSA) is 63.2 Å². The third-order valence-corrected chi connectivity index (χ3v) is 2.68. The first-order chi connectivity index (χ1) is 8.15. The van der Waals surface area contributed by atoms with Gasteiger partial charge in [0.15, 0.2) is 0 Å². The highest BCUT2D eigenvalue weighted by molar-refractivity contribution is 6.28. The zero-order valence-corrected chi connectivity index (χ0v) is 10.7. The van der Waals surface area contributed by atoms with Crippen LogP contribution in [0.5, 0.6) is 0 Å². The molecule has 0 bridgehead atoms. The molecule has 1 aromatic heterocycles. The fourth-order valence-electron chi connectivity index (χ4n) is 1.63. The lowest BCUT2D eigenvalue weighted by Gasteiger charge is -2.13. The van der Waals surface area contributed by atoms with E-state index in [4.69, 9.17) is 16.3 Å². The number of halogens is 1. The van der Waals surface area contributed by atoms with Crippen LogP contribution in [-0.4, -0.2) is 48.3 Å². The van der Waals surface area contributed by atoms with Crippen molar-refractivity contribution in [1.29, 1.82) is 0 Å². The molecule has 2 rings (SSSR count). The summed E-state index contributed by atoms with van der Waals surface area (Å²) in [6.45, 7) is 1.54. The van der Waals surface area contributed by atoms with E-state index in [0.29, 0.717) is 18.4 Å². The van der Waals surface area contributed by atoms with Crippen molar-refractivity contribution < 1.29 is 4.74 Å². The molecule has 1 N–H and O–H groups in total. The normalized spacial score (nSPS) is 19.4. The van der Waals surface area contributed by atoms with Gasteiger partial charge in [0.05, 0.1) is 6.10 Å². The quantitative estimate of drug-likeness (QED) is 0.874. The van der Waals surface area contributed by atoms with Gasteiger partial charge in [-0.2, -0.15) is 15.0 Å². The number of ether oxygens (including phenoxy) is 1. The molecule has 0 amide bonds. The molecular formula is C10H16ClN5O. The number of nitrogens with one attached hydrogen (secondary N) is 1. The number of anilines is 2. The second kappa shape index (κ2) is 5.46. The Morgan fingerprint density at radius 1 is 1.41 bits per heavy atom. The van der Waals surface area contributed by atoms with Crippen LogP contribution in [0.25, 0.3) is 0 Å². The van der Waals surface area contributed by atoms with Crippen molar-refractivity contribution in [2.45, 2.75) is 18.9 Å². The Morgan fingerprint density at radius 2 is 2.24 bits per heavy atom. The summed E-state index contributed by atoms with van der Waals surface area (Å²) in [4.78, 5) is 14.1. The first kappa shape index (κ1) is 12.3. The van der Waals surface area contributed by atoms with Gasteiger partial charge in [0.1, 0.15) is 0 Å². The summed E-state index contributed by atoms with van der Waals surface area (Å²) in [6.07, 6.45) is 2.44. The van der Waals surface area contributed by atoms with Crippen LogP contribution in [0.2, 0.25) is 5.28 Å². The van der Waals surface area contributed by atoms with Crippen molar-refractivity contribution in [3.8, 4) is 0 Å². The highest BCUT2D eigenvalue weighted by atomic mass is 35.5. The molecule has 1 aliphatic heterocycles. The average Bonchev–Trinajstić information content (AvgIpc) is 2.78. The molecule has 94 valence electrons. The Kier molecular flexibility index (Phi) is 3.96. The summed E-state index contributed by atoms with van der Waals surface area (Å²) in [5, 5.41) is 3.32. The van der Waals surface area contributed by atoms with E-state index in [2.05, 4.69) is 20.3 Å². The maximum absolute atomic E-state index is 5.83. The second-order valence-electron chi connectivity index (χ2n) is 4.14. The molecule has 7 heteroatoms. The van der Waals surface area contributed by atoms with E-state index in [-0.39, 0.29) is 11.4 Å². The van der Waals surface area contributed by atoms with Crippen molar-refractivity contribution in [3.05, 3.63) is 5.28 Å². The summed E-state index contributed by atoms with van der Waals surface area (Å²) >= 11 is 5.83. The molecule has 1 unspecified atom stereocenters. The second-order valence-corrected chi connectivity index (χ2v) is 4.48. The van der Waals surface area contributed by atoms with Crippen LogP contribution in [0.15, 0.2) is 0 Å². The minimum Gasteiger partial charge on any atom is -0.376 e. The zero-order chi connectivity index (χ0) is 12.3. The van der Waals surface area contributed by atoms with Crippen LogP contribution in [0.4, 0.5) is 11.9 Å². The summed E-state index contributed by atoms with van der Waals surface area (Å²) in [5.74, 6) is 1.03. The highest BCUT2D eigenvalue weighted by Gasteiger charge is 2.16. The predicted molar refractivity (Wildman–Crippen MR) is 66.6 cm³/mol. The van der Waals surface area contributed by atoms with E-state index in [0.717, 1.165) is 19.4 Å². The maximum atomic E-state index is 5.83. The Balaban J connectivity index is 1.99. The van der Waals surface area contributed by atoms with E-state index in [1.54, 1.807) is 4.90 Å². The van der Waals surface area contributed by atoms with Gasteiger partial charge < -0.3 is 15.0 Å². The zero-order valence-electron chi connectivity index (χ0n) is 9.98. The Bertz CT molecular complexity index is 381. The molecule has 1 aromatic rings. The summed E-state index contributed by atoms with van der Waals surface area (Å²) in [6, 6.07) is 0. The predicted octanol–water partition coefficient (Wildman–Crippen LogP) is 1.18. The molecule has 1 fully saturated rings. The monoisotopic (exact) mass is 257 g/mol. The molecule has 0 radical (unpaired) electrons. The molecule has 2 heterocycles. The van der Waals surface area contributed by atoms with Crippen molar-refractivity contribution in [3.63, 3.8) is 0 Å². The van der Waals surface area contributed by atoms with Crippen LogP contribution in [-0.2, 0) is 4.74 Å². The number of nitrogens with zero attached hydrogens (tertiary/aromatic N) is 4. The molecule has 0 saturated carbocycles. The first-order valence-corrected chi connectivity index (χ1v) is 5.97. The summed E-state index contributed by atoms with van der Waals surface area (Å²) in [5.41, 5.74) is 0. The van der Waals surface area contributed by atoms with Gasteiger partial charge in [-0.15, -0.1) is 0 Å². The minimum atomic E-state index is 0.193. The number of aromatic nitrogens is 3. The Morgan fingerprint density at radius 3 is 2.88 bits per heavy atom. The molecule has 1 aliphatic rings. The van der Waals surface area contributed by atoms with Gasteiger partial charge >= 0.3 is 0 Å². The summed E-state index contributed by atoms with van der Waals surface area (Å²) in [7, 11) is 3.71. The number of rotatable bonds is 4. The van der Waals surface area contributed by atoms with Crippen LogP contribution >= 0.6 is 11.6 Å². The van der Waals surface area contributed by atoms with E-state index < -0.39 is 0 Å². The van der Waals surface area contributed by atoms with Gasteiger partial charge in [-0.25, -0.2) is 0 Å². The number of hydrogen-bond donors (Lipinski definition) is 1. The molecular weight excluding hydrogens is 242 g/mol. The van der Waals surface area contributed by atoms with Gasteiger partial charge in [0.2, 0.25) is 17.2 Å². The van der Waals surface area contributed by atoms with Crippen molar-refractivity contribution >= 4 is 23.5 Å². The first-order valence-electron chi connectivity index (χ1n) is 5.59. The Labute approximate surface area is 105 Å². The van der Waals surface area contributed by atoms with Gasteiger partial charge in [0.25, 0.3) is 0 Å². The maximum Gasteiger partial charge on any atom is 0.230 e. The van der Waals surface area contributed by atoms with Crippen LogP contribution in [0.1, 0.15) is 12.8 Å². The van der Waals surface area contributed by atoms with E-state index >= 15 is 0 Å². The van der Waals surface area contributed by atoms with Gasteiger partial charge in [-0.05, 0) is 24.4 Å². The molecule has 0 spiro atoms. The lowest BCUT2D eigenvalue weighted by molar-refractivity contribution is 0.120. The molecule has 0 aliphatic carbocycles. The molecule has 6 nitrogen and oxygen atoms in total. The lowest BCUT2D eigenvalue weighted by Crippen LogP contribution is -2.21. The number of hydrogen-bond acceptors (Lipinski definition) is 6. The fraction of sp³-hybridized carbons (Fsp3) is 0.700. The average molecular weight is 258 g/mol. The standard InChI is InChI=1S/C10H16ClN5O/c1-16(2)10-14-8(11)13-9(15-10)12-6-7-4-3-5-17-7/h7H,3-6H2,1-2H3,(H,12,13,14,15). The minimum absolute atomic E-state index is 0.193. The van der Waals surface area contributed by atoms with Crippen LogP contribution in [0.3, 0.4) is 0 Å². The Hall–Kier alpha value is -1.14. The highest BCUT2D eigenvalue weighted by Crippen LogP contribution is 2.14. The third-order valence-electron chi connectivity index (χ3n) is 2.51. The van der Waals surface area contributed by atoms with Crippen molar-refractivity contribution in [1.82, 2.24) is 15.0 Å². The molecule has 1 atom stereocenters. The van der Waals surface area contributed by atoms with Crippen LogP contribution < -0.4 is 10.2 Å². The van der Waals surface area contributed by atoms with E-state index in [1.807, 2.05) is 14.1 Å². The summed E-state index contributed by atoms with van der Waals surface area (Å²) < 4.78 is 5.51. The van der Waals surface area contributed by atoms with Gasteiger partial charge in [-0.3, -0.25) is 0 Å². The van der Waals surface area contributed by atoms with Crippen molar-refractivity contribution in [2.75, 3.05) is 37.5 Å². The molecule has 1 saturated heterocycles. The van der Waals surface area contributed by atoms with Gasteiger partial charge in [-0.1, -0.05) is 0 Å². The van der Waals surface area contributed by atoms with Gasteiger partial charge in [0, 0.05) is 27.2 Å². The largest absolute Gasteiger partial charge is 0.376 e. The van der Waals surface area contributed by atoms with E-state index in [9.17, 15) is 0 Å². The SMILES string of the molecule is CN(C)c1nc(Cl)nc(NCC2CCCO2)n1. The van der Waals surface area contributed by atoms with Crippen LogP contribution in [0, 0.1) is 0 Å². The fourth-order valence-corrected chi connectivity index (χ4v) is 1.78. The third kappa shape index (κ3) is 3.41. The molecule has 17 heavy (non-hydrogen) atoms. The van der Waals surface area contributed by atoms with E-state index in [1.165, 1.54) is 0 Å². The lowest BCUT2D eigenvalue weighted by atomic mass is 10.2. The smallest absolute Gasteiger partial charge is 0.230 e. The molecule has 0 aromatic carbocycles. The van der Waals surface area contributed by atoms with Crippen molar-refractivity contribution in [2.24, 2.45) is 0 Å².